The molecule has 0 saturated heterocycles. The summed E-state index contributed by atoms with van der Waals surface area (Å²) in [4.78, 5) is 10.3. The number of fused-ring (bicyclic) bond motifs is 2. The highest BCUT2D eigenvalue weighted by atomic mass is 16.6. The number of nitro groups is 1. The Labute approximate surface area is 131 Å². The van der Waals surface area contributed by atoms with Crippen molar-refractivity contribution in [1.29, 1.82) is 0 Å². The summed E-state index contributed by atoms with van der Waals surface area (Å²) in [7, 11) is 0. The number of nitro benzene ring substituents is 1. The summed E-state index contributed by atoms with van der Waals surface area (Å²) < 4.78 is 1.81. The van der Waals surface area contributed by atoms with Gasteiger partial charge in [-0.2, -0.15) is 0 Å². The first-order chi connectivity index (χ1) is 11.2. The summed E-state index contributed by atoms with van der Waals surface area (Å²) in [6, 6.07) is 18.7. The van der Waals surface area contributed by atoms with Crippen LogP contribution in [0.25, 0.3) is 21.8 Å². The van der Waals surface area contributed by atoms with E-state index >= 15 is 0 Å². The molecule has 6 nitrogen and oxygen atoms in total. The zero-order valence-corrected chi connectivity index (χ0v) is 12.1. The van der Waals surface area contributed by atoms with Crippen LogP contribution < -0.4 is 0 Å². The monoisotopic (exact) mass is 304 g/mol. The molecular formula is C17H12N4O2. The first-order valence-electron chi connectivity index (χ1n) is 7.16. The maximum Gasteiger partial charge on any atom is 0.269 e. The minimum absolute atomic E-state index is 0.0863. The molecule has 0 amide bonds. The van der Waals surface area contributed by atoms with Crippen LogP contribution in [0.4, 0.5) is 5.69 Å². The van der Waals surface area contributed by atoms with E-state index in [4.69, 9.17) is 0 Å². The van der Waals surface area contributed by atoms with Gasteiger partial charge < -0.3 is 0 Å². The Balaban J connectivity index is 1.73. The van der Waals surface area contributed by atoms with Crippen molar-refractivity contribution in [3.63, 3.8) is 0 Å². The smallest absolute Gasteiger partial charge is 0.258 e. The minimum atomic E-state index is -0.402. The molecule has 0 aliphatic rings. The molecule has 23 heavy (non-hydrogen) atoms. The molecule has 0 N–H and O–H groups in total. The molecule has 4 aromatic rings. The van der Waals surface area contributed by atoms with Gasteiger partial charge >= 0.3 is 0 Å². The average molecular weight is 304 g/mol. The zero-order chi connectivity index (χ0) is 15.8. The molecule has 0 bridgehead atoms. The van der Waals surface area contributed by atoms with Gasteiger partial charge in [0, 0.05) is 12.1 Å². The fraction of sp³-hybridized carbons (Fsp3) is 0.0588. The van der Waals surface area contributed by atoms with Gasteiger partial charge in [-0.3, -0.25) is 10.1 Å². The number of hydrogen-bond acceptors (Lipinski definition) is 4. The summed E-state index contributed by atoms with van der Waals surface area (Å²) in [6.07, 6.45) is 0. The molecule has 3 aromatic carbocycles. The van der Waals surface area contributed by atoms with Gasteiger partial charge in [0.2, 0.25) is 0 Å². The fourth-order valence-corrected chi connectivity index (χ4v) is 2.67. The first-order valence-corrected chi connectivity index (χ1v) is 7.16. The SMILES string of the molecule is O=[N+]([O-])c1ccc(Cn2nnc3cc4ccccc4cc32)cc1. The van der Waals surface area contributed by atoms with Gasteiger partial charge in [-0.1, -0.05) is 41.6 Å². The Morgan fingerprint density at radius 1 is 1.00 bits per heavy atom. The van der Waals surface area contributed by atoms with Gasteiger partial charge in [-0.15, -0.1) is 5.10 Å². The van der Waals surface area contributed by atoms with Crippen LogP contribution in [-0.2, 0) is 6.54 Å². The average Bonchev–Trinajstić information content (AvgIpc) is 2.95. The summed E-state index contributed by atoms with van der Waals surface area (Å²) in [5.41, 5.74) is 2.81. The van der Waals surface area contributed by atoms with Crippen LogP contribution in [-0.4, -0.2) is 19.9 Å². The summed E-state index contributed by atoms with van der Waals surface area (Å²) in [5.74, 6) is 0. The maximum atomic E-state index is 10.7. The van der Waals surface area contributed by atoms with Crippen molar-refractivity contribution < 1.29 is 4.92 Å². The molecule has 1 aromatic heterocycles. The highest BCUT2D eigenvalue weighted by Gasteiger charge is 2.08. The van der Waals surface area contributed by atoms with Crippen LogP contribution in [0.1, 0.15) is 5.56 Å². The molecule has 0 atom stereocenters. The van der Waals surface area contributed by atoms with Crippen molar-refractivity contribution in [1.82, 2.24) is 15.0 Å². The van der Waals surface area contributed by atoms with Crippen molar-refractivity contribution in [2.45, 2.75) is 6.54 Å². The number of rotatable bonds is 3. The van der Waals surface area contributed by atoms with E-state index in [0.717, 1.165) is 27.4 Å². The quantitative estimate of drug-likeness (QED) is 0.428. The van der Waals surface area contributed by atoms with Crippen molar-refractivity contribution in [2.75, 3.05) is 0 Å². The number of nitrogens with zero attached hydrogens (tertiary/aromatic N) is 4. The third kappa shape index (κ3) is 2.40. The van der Waals surface area contributed by atoms with Gasteiger partial charge in [0.05, 0.1) is 17.0 Å². The maximum absolute atomic E-state index is 10.7. The Hall–Kier alpha value is -3.28. The molecule has 6 heteroatoms. The number of aromatic nitrogens is 3. The van der Waals surface area contributed by atoms with E-state index in [9.17, 15) is 10.1 Å². The van der Waals surface area contributed by atoms with Crippen LogP contribution in [0.3, 0.4) is 0 Å². The Morgan fingerprint density at radius 2 is 1.70 bits per heavy atom. The predicted molar refractivity (Wildman–Crippen MR) is 87.2 cm³/mol. The third-order valence-corrected chi connectivity index (χ3v) is 3.86. The first kappa shape index (κ1) is 13.4. The van der Waals surface area contributed by atoms with E-state index in [1.165, 1.54) is 12.1 Å². The second-order valence-electron chi connectivity index (χ2n) is 5.36. The molecule has 0 spiro atoms. The van der Waals surface area contributed by atoms with Crippen LogP contribution >= 0.6 is 0 Å². The lowest BCUT2D eigenvalue weighted by molar-refractivity contribution is -0.384. The number of non-ortho nitro benzene ring substituents is 1. The van der Waals surface area contributed by atoms with Crippen LogP contribution in [0.5, 0.6) is 0 Å². The molecule has 0 fully saturated rings. The van der Waals surface area contributed by atoms with E-state index in [-0.39, 0.29) is 5.69 Å². The van der Waals surface area contributed by atoms with Gasteiger partial charge in [0.15, 0.2) is 0 Å². The fourth-order valence-electron chi connectivity index (χ4n) is 2.67. The van der Waals surface area contributed by atoms with Gasteiger partial charge in [-0.25, -0.2) is 4.68 Å². The second kappa shape index (κ2) is 5.17. The minimum Gasteiger partial charge on any atom is -0.258 e. The Bertz CT molecular complexity index is 1020. The molecular weight excluding hydrogens is 292 g/mol. The molecule has 0 aliphatic heterocycles. The van der Waals surface area contributed by atoms with Crippen molar-refractivity contribution >= 4 is 27.5 Å². The Kier molecular flexibility index (Phi) is 3.01. The molecule has 1 heterocycles. The summed E-state index contributed by atoms with van der Waals surface area (Å²) in [5, 5.41) is 21.4. The van der Waals surface area contributed by atoms with Crippen LogP contribution in [0.15, 0.2) is 60.7 Å². The van der Waals surface area contributed by atoms with Gasteiger partial charge in [-0.05, 0) is 28.5 Å². The lowest BCUT2D eigenvalue weighted by atomic mass is 10.1. The summed E-state index contributed by atoms with van der Waals surface area (Å²) >= 11 is 0. The van der Waals surface area contributed by atoms with Crippen molar-refractivity contribution in [3.05, 3.63) is 76.3 Å². The number of hydrogen-bond donors (Lipinski definition) is 0. The lowest BCUT2D eigenvalue weighted by Gasteiger charge is -2.03. The second-order valence-corrected chi connectivity index (χ2v) is 5.36. The standard InChI is InChI=1S/C17H12N4O2/c22-21(23)15-7-5-12(6-8-15)11-20-17-10-14-4-2-1-3-13(14)9-16(17)18-19-20/h1-10H,11H2. The predicted octanol–water partition coefficient (Wildman–Crippen LogP) is 3.54. The van der Waals surface area contributed by atoms with Crippen molar-refractivity contribution in [2.24, 2.45) is 0 Å². The largest absolute Gasteiger partial charge is 0.269 e. The Morgan fingerprint density at radius 3 is 2.39 bits per heavy atom. The molecule has 112 valence electrons. The molecule has 0 unspecified atom stereocenters. The van der Waals surface area contributed by atoms with Crippen LogP contribution in [0.2, 0.25) is 0 Å². The van der Waals surface area contributed by atoms with E-state index < -0.39 is 4.92 Å². The van der Waals surface area contributed by atoms with E-state index in [1.807, 2.05) is 28.9 Å². The van der Waals surface area contributed by atoms with Crippen molar-refractivity contribution in [3.8, 4) is 0 Å². The molecule has 0 radical (unpaired) electrons. The van der Waals surface area contributed by atoms with E-state index in [1.54, 1.807) is 12.1 Å². The zero-order valence-electron chi connectivity index (χ0n) is 12.1. The molecule has 0 saturated carbocycles. The summed E-state index contributed by atoms with van der Waals surface area (Å²) in [6.45, 7) is 0.521. The molecule has 0 aliphatic carbocycles. The van der Waals surface area contributed by atoms with Gasteiger partial charge in [0.25, 0.3) is 5.69 Å². The third-order valence-electron chi connectivity index (χ3n) is 3.86. The topological polar surface area (TPSA) is 73.8 Å². The van der Waals surface area contributed by atoms with E-state index in [0.29, 0.717) is 6.54 Å². The van der Waals surface area contributed by atoms with Crippen LogP contribution in [0, 0.1) is 10.1 Å². The number of benzene rings is 3. The highest BCUT2D eigenvalue weighted by Crippen LogP contribution is 2.22. The lowest BCUT2D eigenvalue weighted by Crippen LogP contribution is -2.02. The highest BCUT2D eigenvalue weighted by molar-refractivity contribution is 5.94. The van der Waals surface area contributed by atoms with E-state index in [2.05, 4.69) is 22.4 Å². The molecule has 4 rings (SSSR count). The normalized spacial score (nSPS) is 11.1. The van der Waals surface area contributed by atoms with Gasteiger partial charge in [0.1, 0.15) is 5.52 Å².